The maximum Gasteiger partial charge on any atom is 0.236 e. The van der Waals surface area contributed by atoms with Gasteiger partial charge < -0.3 is 11.1 Å². The van der Waals surface area contributed by atoms with E-state index in [0.717, 1.165) is 25.8 Å². The average Bonchev–Trinajstić information content (AvgIpc) is 2.29. The fourth-order valence-corrected chi connectivity index (χ4v) is 1.76. The van der Waals surface area contributed by atoms with Crippen LogP contribution in [-0.4, -0.2) is 18.5 Å². The molecule has 0 aromatic heterocycles. The van der Waals surface area contributed by atoms with E-state index in [-0.39, 0.29) is 24.4 Å². The lowest BCUT2D eigenvalue weighted by molar-refractivity contribution is -0.122. The minimum Gasteiger partial charge on any atom is -0.354 e. The summed E-state index contributed by atoms with van der Waals surface area (Å²) >= 11 is 0. The van der Waals surface area contributed by atoms with E-state index in [0.29, 0.717) is 5.92 Å². The van der Waals surface area contributed by atoms with Crippen LogP contribution in [0, 0.1) is 5.92 Å². The Balaban J connectivity index is 0. The van der Waals surface area contributed by atoms with E-state index < -0.39 is 0 Å². The maximum absolute atomic E-state index is 11.6. The average molecular weight is 265 g/mol. The van der Waals surface area contributed by atoms with Crippen molar-refractivity contribution in [3.63, 3.8) is 0 Å². The highest BCUT2D eigenvalue weighted by Gasteiger charge is 2.13. The third-order valence-electron chi connectivity index (χ3n) is 3.04. The Morgan fingerprint density at radius 2 is 1.82 bits per heavy atom. The molecule has 0 aliphatic rings. The summed E-state index contributed by atoms with van der Waals surface area (Å²) in [4.78, 5) is 11.6. The second kappa shape index (κ2) is 12.2. The van der Waals surface area contributed by atoms with E-state index in [1.165, 1.54) is 19.3 Å². The van der Waals surface area contributed by atoms with Gasteiger partial charge in [0.1, 0.15) is 0 Å². The van der Waals surface area contributed by atoms with Gasteiger partial charge in [-0.2, -0.15) is 0 Å². The molecule has 3 nitrogen and oxygen atoms in total. The van der Waals surface area contributed by atoms with Crippen molar-refractivity contribution < 1.29 is 4.79 Å². The van der Waals surface area contributed by atoms with E-state index >= 15 is 0 Å². The number of hydrogen-bond acceptors (Lipinski definition) is 2. The van der Waals surface area contributed by atoms with Gasteiger partial charge in [-0.1, -0.05) is 46.5 Å². The Kier molecular flexibility index (Phi) is 13.7. The summed E-state index contributed by atoms with van der Waals surface area (Å²) in [6.07, 6.45) is 6.54. The molecule has 0 rings (SSSR count). The SMILES string of the molecule is CCCCC(CC)CNC(=O)C(N)CCC.Cl. The number of carbonyl (C=O) groups excluding carboxylic acids is 1. The van der Waals surface area contributed by atoms with Crippen molar-refractivity contribution in [2.45, 2.75) is 65.3 Å². The molecule has 0 aliphatic carbocycles. The van der Waals surface area contributed by atoms with Gasteiger partial charge in [0.15, 0.2) is 0 Å². The van der Waals surface area contributed by atoms with Gasteiger partial charge in [0.25, 0.3) is 0 Å². The molecule has 0 aromatic rings. The Morgan fingerprint density at radius 1 is 1.18 bits per heavy atom. The van der Waals surface area contributed by atoms with Crippen LogP contribution < -0.4 is 11.1 Å². The summed E-state index contributed by atoms with van der Waals surface area (Å²) in [6.45, 7) is 7.21. The number of nitrogens with two attached hydrogens (primary N) is 1. The molecule has 0 saturated heterocycles. The summed E-state index contributed by atoms with van der Waals surface area (Å²) in [5.41, 5.74) is 5.74. The zero-order valence-electron chi connectivity index (χ0n) is 11.5. The largest absolute Gasteiger partial charge is 0.354 e. The Hall–Kier alpha value is -0.280. The molecule has 1 amide bonds. The van der Waals surface area contributed by atoms with Crippen molar-refractivity contribution in [3.8, 4) is 0 Å². The Morgan fingerprint density at radius 3 is 2.29 bits per heavy atom. The molecule has 104 valence electrons. The minimum absolute atomic E-state index is 0. The van der Waals surface area contributed by atoms with Crippen molar-refractivity contribution in [2.24, 2.45) is 11.7 Å². The number of unbranched alkanes of at least 4 members (excludes halogenated alkanes) is 1. The fourth-order valence-electron chi connectivity index (χ4n) is 1.76. The van der Waals surface area contributed by atoms with Crippen molar-refractivity contribution in [1.82, 2.24) is 5.32 Å². The lowest BCUT2D eigenvalue weighted by Gasteiger charge is -2.17. The Bertz CT molecular complexity index is 188. The first kappa shape index (κ1) is 19.1. The molecule has 0 aliphatic heterocycles. The zero-order valence-corrected chi connectivity index (χ0v) is 12.3. The molecule has 3 N–H and O–H groups in total. The van der Waals surface area contributed by atoms with Crippen LogP contribution in [0.1, 0.15) is 59.3 Å². The monoisotopic (exact) mass is 264 g/mol. The number of nitrogens with one attached hydrogen (secondary N) is 1. The molecule has 0 fully saturated rings. The molecule has 0 saturated carbocycles. The van der Waals surface area contributed by atoms with Crippen LogP contribution in [0.2, 0.25) is 0 Å². The van der Waals surface area contributed by atoms with E-state index in [1.807, 2.05) is 6.92 Å². The van der Waals surface area contributed by atoms with E-state index in [4.69, 9.17) is 5.73 Å². The standard InChI is InChI=1S/C13H28N2O.ClH/c1-4-7-9-11(6-3)10-15-13(16)12(14)8-5-2;/h11-12H,4-10,14H2,1-3H3,(H,15,16);1H. The van der Waals surface area contributed by atoms with Crippen molar-refractivity contribution in [2.75, 3.05) is 6.54 Å². The zero-order chi connectivity index (χ0) is 12.4. The third kappa shape index (κ3) is 9.42. The lowest BCUT2D eigenvalue weighted by Crippen LogP contribution is -2.42. The highest BCUT2D eigenvalue weighted by atomic mass is 35.5. The van der Waals surface area contributed by atoms with Crippen molar-refractivity contribution in [3.05, 3.63) is 0 Å². The molecule has 0 bridgehead atoms. The molecule has 0 aromatic carbocycles. The van der Waals surface area contributed by atoms with Crippen molar-refractivity contribution >= 4 is 18.3 Å². The number of rotatable bonds is 9. The third-order valence-corrected chi connectivity index (χ3v) is 3.04. The highest BCUT2D eigenvalue weighted by Crippen LogP contribution is 2.11. The molecule has 0 radical (unpaired) electrons. The summed E-state index contributed by atoms with van der Waals surface area (Å²) in [5, 5.41) is 2.96. The molecular weight excluding hydrogens is 236 g/mol. The van der Waals surface area contributed by atoms with Crippen LogP contribution >= 0.6 is 12.4 Å². The molecule has 4 heteroatoms. The van der Waals surface area contributed by atoms with Gasteiger partial charge in [0.2, 0.25) is 5.91 Å². The minimum atomic E-state index is -0.325. The second-order valence-corrected chi connectivity index (χ2v) is 4.56. The van der Waals surface area contributed by atoms with Gasteiger partial charge in [0.05, 0.1) is 6.04 Å². The first-order chi connectivity index (χ1) is 7.65. The van der Waals surface area contributed by atoms with Crippen LogP contribution in [0.3, 0.4) is 0 Å². The second-order valence-electron chi connectivity index (χ2n) is 4.56. The number of carbonyl (C=O) groups is 1. The topological polar surface area (TPSA) is 55.1 Å². The van der Waals surface area contributed by atoms with E-state index in [1.54, 1.807) is 0 Å². The number of hydrogen-bond donors (Lipinski definition) is 2. The molecule has 2 unspecified atom stereocenters. The maximum atomic E-state index is 11.6. The summed E-state index contributed by atoms with van der Waals surface area (Å²) in [6, 6.07) is -0.325. The predicted octanol–water partition coefficient (Wildman–Crippen LogP) is 2.87. The molecule has 2 atom stereocenters. The van der Waals surface area contributed by atoms with Gasteiger partial charge in [-0.15, -0.1) is 12.4 Å². The molecule has 0 spiro atoms. The molecule has 17 heavy (non-hydrogen) atoms. The molecule has 0 heterocycles. The van der Waals surface area contributed by atoms with Gasteiger partial charge in [-0.05, 0) is 18.8 Å². The van der Waals surface area contributed by atoms with Gasteiger partial charge >= 0.3 is 0 Å². The summed E-state index contributed by atoms with van der Waals surface area (Å²) < 4.78 is 0. The van der Waals surface area contributed by atoms with Gasteiger partial charge in [-0.25, -0.2) is 0 Å². The van der Waals surface area contributed by atoms with Crippen LogP contribution in [0.4, 0.5) is 0 Å². The van der Waals surface area contributed by atoms with Crippen LogP contribution in [-0.2, 0) is 4.79 Å². The fraction of sp³-hybridized carbons (Fsp3) is 0.923. The summed E-state index contributed by atoms with van der Waals surface area (Å²) in [7, 11) is 0. The van der Waals surface area contributed by atoms with Gasteiger partial charge in [0, 0.05) is 6.54 Å². The lowest BCUT2D eigenvalue weighted by atomic mass is 9.99. The first-order valence-electron chi connectivity index (χ1n) is 6.68. The smallest absolute Gasteiger partial charge is 0.236 e. The summed E-state index contributed by atoms with van der Waals surface area (Å²) in [5.74, 6) is 0.620. The quantitative estimate of drug-likeness (QED) is 0.673. The van der Waals surface area contributed by atoms with Crippen LogP contribution in [0.5, 0.6) is 0 Å². The van der Waals surface area contributed by atoms with E-state index in [2.05, 4.69) is 19.2 Å². The highest BCUT2D eigenvalue weighted by molar-refractivity contribution is 5.85. The molecular formula is C13H29ClN2O. The predicted molar refractivity (Wildman–Crippen MR) is 76.4 cm³/mol. The number of amides is 1. The van der Waals surface area contributed by atoms with E-state index in [9.17, 15) is 4.79 Å². The van der Waals surface area contributed by atoms with Gasteiger partial charge in [-0.3, -0.25) is 4.79 Å². The van der Waals surface area contributed by atoms with Crippen LogP contribution in [0.25, 0.3) is 0 Å². The first-order valence-corrected chi connectivity index (χ1v) is 6.68. The van der Waals surface area contributed by atoms with Crippen LogP contribution in [0.15, 0.2) is 0 Å². The van der Waals surface area contributed by atoms with Crippen molar-refractivity contribution in [1.29, 1.82) is 0 Å². The number of halogens is 1. The normalized spacial score (nSPS) is 13.6. The Labute approximate surface area is 112 Å².